The molecule has 1 amide bonds. The van der Waals surface area contributed by atoms with E-state index in [0.29, 0.717) is 13.1 Å². The summed E-state index contributed by atoms with van der Waals surface area (Å²) in [5.41, 5.74) is 0. The normalized spacial score (nSPS) is 15.2. The van der Waals surface area contributed by atoms with Crippen molar-refractivity contribution in [2.75, 3.05) is 20.1 Å². The zero-order chi connectivity index (χ0) is 10.4. The van der Waals surface area contributed by atoms with Crippen LogP contribution in [0, 0.1) is 0 Å². The molecule has 4 nitrogen and oxygen atoms in total. The molecule has 1 unspecified atom stereocenters. The molecule has 0 rings (SSSR count). The van der Waals surface area contributed by atoms with E-state index in [1.165, 1.54) is 0 Å². The maximum Gasteiger partial charge on any atom is 0.239 e. The molecular weight excluding hydrogens is 168 g/mol. The van der Waals surface area contributed by atoms with Crippen LogP contribution in [0.4, 0.5) is 0 Å². The minimum absolute atomic E-state index is 0.0585. The van der Waals surface area contributed by atoms with Crippen molar-refractivity contribution < 1.29 is 9.90 Å². The van der Waals surface area contributed by atoms with E-state index in [9.17, 15) is 4.79 Å². The Bertz CT molecular complexity index is 160. The van der Waals surface area contributed by atoms with Gasteiger partial charge in [0.2, 0.25) is 5.91 Å². The van der Waals surface area contributed by atoms with Gasteiger partial charge in [0.15, 0.2) is 0 Å². The molecule has 78 valence electrons. The number of amides is 1. The van der Waals surface area contributed by atoms with Gasteiger partial charge in [-0.1, -0.05) is 0 Å². The van der Waals surface area contributed by atoms with Crippen LogP contribution in [0.15, 0.2) is 0 Å². The molecule has 0 radical (unpaired) electrons. The maximum absolute atomic E-state index is 11.5. The van der Waals surface area contributed by atoms with Crippen LogP contribution < -0.4 is 5.32 Å². The predicted molar refractivity (Wildman–Crippen MR) is 52.5 cm³/mol. The van der Waals surface area contributed by atoms with Crippen LogP contribution >= 0.6 is 0 Å². The third-order valence-corrected chi connectivity index (χ3v) is 1.94. The molecule has 0 saturated carbocycles. The summed E-state index contributed by atoms with van der Waals surface area (Å²) in [6.07, 6.45) is -0.415. The van der Waals surface area contributed by atoms with Gasteiger partial charge in [-0.2, -0.15) is 0 Å². The number of aliphatic hydroxyl groups excluding tert-OH is 1. The lowest BCUT2D eigenvalue weighted by Crippen LogP contribution is -2.45. The Labute approximate surface area is 79.9 Å². The highest BCUT2D eigenvalue weighted by Gasteiger charge is 2.15. The van der Waals surface area contributed by atoms with Gasteiger partial charge in [0, 0.05) is 20.1 Å². The minimum Gasteiger partial charge on any atom is -0.392 e. The number of likely N-dealkylation sites (N-methyl/N-ethyl adjacent to an activating group) is 1. The largest absolute Gasteiger partial charge is 0.392 e. The third kappa shape index (κ3) is 4.85. The van der Waals surface area contributed by atoms with Gasteiger partial charge < -0.3 is 15.3 Å². The fraction of sp³-hybridized carbons (Fsp3) is 0.889. The standard InChI is InChI=1S/C9H20N2O2/c1-5-11(4)9(13)8(3)10-6-7(2)12/h7-8,10,12H,5-6H2,1-4H3/t7-,8?/m0/s1. The van der Waals surface area contributed by atoms with Crippen LogP contribution in [0.3, 0.4) is 0 Å². The number of carbonyl (C=O) groups is 1. The first-order valence-corrected chi connectivity index (χ1v) is 4.65. The van der Waals surface area contributed by atoms with Crippen molar-refractivity contribution >= 4 is 5.91 Å². The molecule has 0 aliphatic carbocycles. The summed E-state index contributed by atoms with van der Waals surface area (Å²) in [4.78, 5) is 13.1. The molecule has 0 aliphatic heterocycles. The van der Waals surface area contributed by atoms with E-state index in [2.05, 4.69) is 5.32 Å². The van der Waals surface area contributed by atoms with Crippen LogP contribution in [0.2, 0.25) is 0 Å². The summed E-state index contributed by atoms with van der Waals surface area (Å²) in [6.45, 7) is 6.58. The fourth-order valence-electron chi connectivity index (χ4n) is 0.921. The molecular formula is C9H20N2O2. The zero-order valence-electron chi connectivity index (χ0n) is 8.87. The average Bonchev–Trinajstić information content (AvgIpc) is 2.11. The highest BCUT2D eigenvalue weighted by molar-refractivity contribution is 5.81. The molecule has 13 heavy (non-hydrogen) atoms. The smallest absolute Gasteiger partial charge is 0.239 e. The van der Waals surface area contributed by atoms with E-state index in [4.69, 9.17) is 5.11 Å². The van der Waals surface area contributed by atoms with Crippen molar-refractivity contribution in [2.45, 2.75) is 32.9 Å². The number of nitrogens with zero attached hydrogens (tertiary/aromatic N) is 1. The maximum atomic E-state index is 11.5. The summed E-state index contributed by atoms with van der Waals surface area (Å²) in [5.74, 6) is 0.0585. The summed E-state index contributed by atoms with van der Waals surface area (Å²) < 4.78 is 0. The third-order valence-electron chi connectivity index (χ3n) is 1.94. The fourth-order valence-corrected chi connectivity index (χ4v) is 0.921. The number of carbonyl (C=O) groups excluding carboxylic acids is 1. The zero-order valence-corrected chi connectivity index (χ0v) is 8.87. The van der Waals surface area contributed by atoms with Crippen molar-refractivity contribution in [3.8, 4) is 0 Å². The van der Waals surface area contributed by atoms with E-state index in [-0.39, 0.29) is 11.9 Å². The first kappa shape index (κ1) is 12.4. The van der Waals surface area contributed by atoms with E-state index >= 15 is 0 Å². The molecule has 2 atom stereocenters. The van der Waals surface area contributed by atoms with Gasteiger partial charge in [-0.3, -0.25) is 4.79 Å². The van der Waals surface area contributed by atoms with Gasteiger partial charge in [0.25, 0.3) is 0 Å². The van der Waals surface area contributed by atoms with Gasteiger partial charge in [-0.15, -0.1) is 0 Å². The van der Waals surface area contributed by atoms with Crippen molar-refractivity contribution in [2.24, 2.45) is 0 Å². The molecule has 0 aliphatic rings. The van der Waals surface area contributed by atoms with E-state index in [0.717, 1.165) is 0 Å². The Balaban J connectivity index is 3.82. The second kappa shape index (κ2) is 5.94. The summed E-state index contributed by atoms with van der Waals surface area (Å²) in [6, 6.07) is -0.223. The monoisotopic (exact) mass is 188 g/mol. The number of aliphatic hydroxyl groups is 1. The van der Waals surface area contributed by atoms with Crippen LogP contribution in [0.25, 0.3) is 0 Å². The Kier molecular flexibility index (Phi) is 5.66. The Morgan fingerprint density at radius 1 is 1.54 bits per heavy atom. The van der Waals surface area contributed by atoms with Gasteiger partial charge in [0.1, 0.15) is 0 Å². The molecule has 4 heteroatoms. The number of rotatable bonds is 5. The quantitative estimate of drug-likeness (QED) is 0.629. The lowest BCUT2D eigenvalue weighted by atomic mass is 10.2. The van der Waals surface area contributed by atoms with Gasteiger partial charge in [0.05, 0.1) is 12.1 Å². The van der Waals surface area contributed by atoms with Crippen LogP contribution in [0.1, 0.15) is 20.8 Å². The second-order valence-corrected chi connectivity index (χ2v) is 3.33. The molecule has 0 fully saturated rings. The molecule has 0 aromatic carbocycles. The Morgan fingerprint density at radius 2 is 2.08 bits per heavy atom. The summed E-state index contributed by atoms with van der Waals surface area (Å²) in [5, 5.41) is 11.9. The molecule has 0 saturated heterocycles. The first-order chi connectivity index (χ1) is 5.99. The average molecular weight is 188 g/mol. The van der Waals surface area contributed by atoms with Crippen LogP contribution in [-0.4, -0.2) is 48.2 Å². The molecule has 2 N–H and O–H groups in total. The molecule has 0 bridgehead atoms. The summed E-state index contributed by atoms with van der Waals surface area (Å²) >= 11 is 0. The molecule has 0 spiro atoms. The Morgan fingerprint density at radius 3 is 2.46 bits per heavy atom. The van der Waals surface area contributed by atoms with Crippen molar-refractivity contribution in [3.63, 3.8) is 0 Å². The van der Waals surface area contributed by atoms with E-state index < -0.39 is 6.10 Å². The highest BCUT2D eigenvalue weighted by atomic mass is 16.3. The van der Waals surface area contributed by atoms with Crippen LogP contribution in [-0.2, 0) is 4.79 Å². The highest BCUT2D eigenvalue weighted by Crippen LogP contribution is 1.91. The lowest BCUT2D eigenvalue weighted by Gasteiger charge is -2.21. The van der Waals surface area contributed by atoms with Crippen molar-refractivity contribution in [1.82, 2.24) is 10.2 Å². The van der Waals surface area contributed by atoms with Crippen LogP contribution in [0.5, 0.6) is 0 Å². The molecule has 0 aromatic rings. The molecule has 0 aromatic heterocycles. The van der Waals surface area contributed by atoms with Crippen molar-refractivity contribution in [3.05, 3.63) is 0 Å². The van der Waals surface area contributed by atoms with Gasteiger partial charge >= 0.3 is 0 Å². The lowest BCUT2D eigenvalue weighted by molar-refractivity contribution is -0.131. The number of nitrogens with one attached hydrogen (secondary N) is 1. The van der Waals surface area contributed by atoms with E-state index in [1.54, 1.807) is 25.8 Å². The first-order valence-electron chi connectivity index (χ1n) is 4.65. The van der Waals surface area contributed by atoms with Gasteiger partial charge in [-0.25, -0.2) is 0 Å². The molecule has 0 heterocycles. The minimum atomic E-state index is -0.415. The van der Waals surface area contributed by atoms with Crippen molar-refractivity contribution in [1.29, 1.82) is 0 Å². The summed E-state index contributed by atoms with van der Waals surface area (Å²) in [7, 11) is 1.77. The predicted octanol–water partition coefficient (Wildman–Crippen LogP) is -0.176. The van der Waals surface area contributed by atoms with E-state index in [1.807, 2.05) is 6.92 Å². The second-order valence-electron chi connectivity index (χ2n) is 3.33. The van der Waals surface area contributed by atoms with Gasteiger partial charge in [-0.05, 0) is 20.8 Å². The number of hydrogen-bond donors (Lipinski definition) is 2. The number of hydrogen-bond acceptors (Lipinski definition) is 3. The topological polar surface area (TPSA) is 52.6 Å². The Hall–Kier alpha value is -0.610. The SMILES string of the molecule is CCN(C)C(=O)C(C)NC[C@H](C)O.